The first-order valence-electron chi connectivity index (χ1n) is 13.6. The average Bonchev–Trinajstić information content (AvgIpc) is 3.53. The zero-order chi connectivity index (χ0) is 30.2. The predicted molar refractivity (Wildman–Crippen MR) is 171 cm³/mol. The van der Waals surface area contributed by atoms with Crippen LogP contribution in [0.2, 0.25) is 0 Å². The van der Waals surface area contributed by atoms with Crippen molar-refractivity contribution in [2.24, 2.45) is 4.99 Å². The van der Waals surface area contributed by atoms with Gasteiger partial charge in [-0.2, -0.15) is 0 Å². The Morgan fingerprint density at radius 2 is 1.77 bits per heavy atom. The Kier molecular flexibility index (Phi) is 7.81. The third-order valence-electron chi connectivity index (χ3n) is 7.40. The van der Waals surface area contributed by atoms with Crippen LogP contribution in [-0.2, 0) is 9.53 Å². The van der Waals surface area contributed by atoms with Crippen LogP contribution in [0.15, 0.2) is 92.3 Å². The van der Waals surface area contributed by atoms with E-state index >= 15 is 0 Å². The van der Waals surface area contributed by atoms with Gasteiger partial charge in [0.15, 0.2) is 16.3 Å². The number of carbonyl (C=O) groups is 1. The Labute approximate surface area is 259 Å². The Morgan fingerprint density at radius 1 is 1.07 bits per heavy atom. The first-order chi connectivity index (χ1) is 20.9. The highest BCUT2D eigenvalue weighted by Crippen LogP contribution is 2.41. The second-order valence-corrected chi connectivity index (χ2v) is 11.7. The molecule has 43 heavy (non-hydrogen) atoms. The van der Waals surface area contributed by atoms with E-state index in [1.165, 1.54) is 11.3 Å². The number of fused-ring (bicyclic) bond motifs is 2. The van der Waals surface area contributed by atoms with E-state index in [2.05, 4.69) is 20.9 Å². The maximum atomic E-state index is 14.4. The molecule has 0 aliphatic carbocycles. The molecule has 0 amide bonds. The van der Waals surface area contributed by atoms with E-state index in [0.29, 0.717) is 36.6 Å². The largest absolute Gasteiger partial charge is 0.493 e. The van der Waals surface area contributed by atoms with Gasteiger partial charge < -0.3 is 19.2 Å². The van der Waals surface area contributed by atoms with Gasteiger partial charge in [0, 0.05) is 20.9 Å². The number of nitrogens with zero attached hydrogens (tertiary/aromatic N) is 2. The summed E-state index contributed by atoms with van der Waals surface area (Å²) in [4.78, 5) is 36.5. The topological polar surface area (TPSA) is 94.9 Å². The number of nitrogens with one attached hydrogen (secondary N) is 1. The van der Waals surface area contributed by atoms with Crippen LogP contribution in [0, 0.1) is 0 Å². The lowest BCUT2D eigenvalue weighted by molar-refractivity contribution is -0.139. The van der Waals surface area contributed by atoms with E-state index in [0.717, 1.165) is 27.7 Å². The molecule has 1 atom stereocenters. The molecule has 0 saturated heterocycles. The van der Waals surface area contributed by atoms with Crippen LogP contribution in [0.3, 0.4) is 0 Å². The van der Waals surface area contributed by atoms with Crippen molar-refractivity contribution in [3.05, 3.63) is 113 Å². The summed E-state index contributed by atoms with van der Waals surface area (Å²) in [6.45, 7) is 3.69. The van der Waals surface area contributed by atoms with Gasteiger partial charge in [0.2, 0.25) is 0 Å². The molecule has 3 heterocycles. The van der Waals surface area contributed by atoms with Crippen molar-refractivity contribution in [2.45, 2.75) is 19.9 Å². The minimum atomic E-state index is -0.816. The Balaban J connectivity index is 1.63. The first kappa shape index (κ1) is 28.7. The van der Waals surface area contributed by atoms with E-state index in [1.54, 1.807) is 44.8 Å². The number of para-hydroxylation sites is 1. The van der Waals surface area contributed by atoms with Gasteiger partial charge >= 0.3 is 5.97 Å². The molecular formula is C33H28BrN3O5S. The SMILES string of the molecule is CCOC(=O)C1=C(C)N=c2s/c(=C/c3c(-c4ccccc4)[nH]c4ccccc34)c(=O)n2C1c1cc(OC)c(OC)cc1Br. The molecule has 1 unspecified atom stereocenters. The second-order valence-electron chi connectivity index (χ2n) is 9.86. The molecule has 0 radical (unpaired) electrons. The molecule has 0 saturated carbocycles. The number of esters is 1. The zero-order valence-corrected chi connectivity index (χ0v) is 26.3. The summed E-state index contributed by atoms with van der Waals surface area (Å²) in [5.41, 5.74) is 4.92. The molecule has 1 N–H and O–H groups in total. The van der Waals surface area contributed by atoms with Crippen molar-refractivity contribution < 1.29 is 19.0 Å². The van der Waals surface area contributed by atoms with Crippen LogP contribution < -0.4 is 24.4 Å². The highest BCUT2D eigenvalue weighted by Gasteiger charge is 2.35. The quantitative estimate of drug-likeness (QED) is 0.226. The summed E-state index contributed by atoms with van der Waals surface area (Å²) in [6, 6.07) is 20.7. The van der Waals surface area contributed by atoms with Crippen molar-refractivity contribution >= 4 is 50.2 Å². The maximum Gasteiger partial charge on any atom is 0.338 e. The molecule has 2 aromatic heterocycles. The lowest BCUT2D eigenvalue weighted by Crippen LogP contribution is -2.40. The summed E-state index contributed by atoms with van der Waals surface area (Å²) in [5, 5.41) is 0.995. The van der Waals surface area contributed by atoms with Crippen LogP contribution in [0.4, 0.5) is 0 Å². The number of thiazole rings is 1. The van der Waals surface area contributed by atoms with Gasteiger partial charge in [0.25, 0.3) is 5.56 Å². The number of ether oxygens (including phenoxy) is 3. The molecule has 8 nitrogen and oxygen atoms in total. The predicted octanol–water partition coefficient (Wildman–Crippen LogP) is 5.73. The molecule has 218 valence electrons. The Morgan fingerprint density at radius 3 is 2.49 bits per heavy atom. The number of hydrogen-bond acceptors (Lipinski definition) is 7. The van der Waals surface area contributed by atoms with Gasteiger partial charge in [0.05, 0.1) is 48.4 Å². The smallest absolute Gasteiger partial charge is 0.338 e. The molecule has 1 aliphatic rings. The fraction of sp³-hybridized carbons (Fsp3) is 0.182. The van der Waals surface area contributed by atoms with Crippen molar-refractivity contribution in [2.75, 3.05) is 20.8 Å². The van der Waals surface area contributed by atoms with Gasteiger partial charge in [-0.05, 0) is 49.2 Å². The number of hydrogen-bond donors (Lipinski definition) is 1. The van der Waals surface area contributed by atoms with Crippen LogP contribution in [0.25, 0.3) is 28.2 Å². The monoisotopic (exact) mass is 657 g/mol. The van der Waals surface area contributed by atoms with E-state index in [1.807, 2.05) is 60.7 Å². The van der Waals surface area contributed by atoms with Gasteiger partial charge in [-0.1, -0.05) is 75.8 Å². The van der Waals surface area contributed by atoms with E-state index < -0.39 is 12.0 Å². The number of halogens is 1. The summed E-state index contributed by atoms with van der Waals surface area (Å²) < 4.78 is 19.2. The average molecular weight is 659 g/mol. The molecule has 6 rings (SSSR count). The van der Waals surface area contributed by atoms with Crippen molar-refractivity contribution in [1.29, 1.82) is 0 Å². The Bertz CT molecular complexity index is 2090. The molecule has 0 spiro atoms. The van der Waals surface area contributed by atoms with Crippen molar-refractivity contribution in [3.8, 4) is 22.8 Å². The van der Waals surface area contributed by atoms with Gasteiger partial charge in [0.1, 0.15) is 0 Å². The van der Waals surface area contributed by atoms with E-state index in [9.17, 15) is 9.59 Å². The number of aromatic amines is 1. The number of aromatic nitrogens is 2. The van der Waals surface area contributed by atoms with Gasteiger partial charge in [-0.15, -0.1) is 0 Å². The third-order valence-corrected chi connectivity index (χ3v) is 9.07. The maximum absolute atomic E-state index is 14.4. The zero-order valence-electron chi connectivity index (χ0n) is 23.9. The molecule has 0 bridgehead atoms. The van der Waals surface area contributed by atoms with E-state index in [4.69, 9.17) is 19.2 Å². The standard InChI is InChI=1S/C33H28BrN3O5S/c1-5-42-32(39)28-18(2)35-33-37(30(28)22-15-25(40-3)26(41-4)17-23(22)34)31(38)27(43-33)16-21-20-13-9-10-14-24(20)36-29(21)19-11-7-6-8-12-19/h6-17,30,36H,5H2,1-4H3/b27-16+. The molecule has 3 aromatic carbocycles. The van der Waals surface area contributed by atoms with Gasteiger partial charge in [-0.3, -0.25) is 9.36 Å². The minimum Gasteiger partial charge on any atom is -0.493 e. The number of benzene rings is 3. The number of H-pyrrole nitrogens is 1. The van der Waals surface area contributed by atoms with Crippen LogP contribution >= 0.6 is 27.3 Å². The lowest BCUT2D eigenvalue weighted by Gasteiger charge is -2.26. The summed E-state index contributed by atoms with van der Waals surface area (Å²) >= 11 is 4.93. The van der Waals surface area contributed by atoms with Crippen molar-refractivity contribution in [1.82, 2.24) is 9.55 Å². The fourth-order valence-electron chi connectivity index (χ4n) is 5.44. The molecule has 1 aliphatic heterocycles. The highest BCUT2D eigenvalue weighted by atomic mass is 79.9. The van der Waals surface area contributed by atoms with Crippen molar-refractivity contribution in [3.63, 3.8) is 0 Å². The molecular weight excluding hydrogens is 630 g/mol. The summed E-state index contributed by atoms with van der Waals surface area (Å²) in [7, 11) is 3.09. The number of rotatable bonds is 7. The Hall–Kier alpha value is -4.41. The molecule has 0 fully saturated rings. The number of methoxy groups -OCH3 is 2. The van der Waals surface area contributed by atoms with Crippen LogP contribution in [0.1, 0.15) is 31.0 Å². The van der Waals surface area contributed by atoms with Crippen LogP contribution in [0.5, 0.6) is 11.5 Å². The third kappa shape index (κ3) is 5.00. The second kappa shape index (κ2) is 11.7. The number of allylic oxidation sites excluding steroid dienone is 1. The fourth-order valence-corrected chi connectivity index (χ4v) is 7.01. The van der Waals surface area contributed by atoms with Gasteiger partial charge in [-0.25, -0.2) is 9.79 Å². The molecule has 5 aromatic rings. The normalized spacial score (nSPS) is 14.9. The first-order valence-corrected chi connectivity index (χ1v) is 15.2. The molecule has 10 heteroatoms. The van der Waals surface area contributed by atoms with Crippen LogP contribution in [-0.4, -0.2) is 36.3 Å². The minimum absolute atomic E-state index is 0.183. The summed E-state index contributed by atoms with van der Waals surface area (Å²) in [5.74, 6) is 0.441. The van der Waals surface area contributed by atoms with E-state index in [-0.39, 0.29) is 17.7 Å². The highest BCUT2D eigenvalue weighted by molar-refractivity contribution is 9.10. The summed E-state index contributed by atoms with van der Waals surface area (Å²) in [6.07, 6.45) is 1.91. The number of carbonyl (C=O) groups excluding carboxylic acids is 1. The lowest BCUT2D eigenvalue weighted by atomic mass is 9.95.